The minimum atomic E-state index is 0.988. The van der Waals surface area contributed by atoms with E-state index in [0.717, 1.165) is 53.7 Å². The number of para-hydroxylation sites is 4. The lowest BCUT2D eigenvalue weighted by atomic mass is 9.83. The molecule has 1 aromatic heterocycles. The molecule has 0 aliphatic carbocycles. The molecule has 318 valence electrons. The Balaban J connectivity index is 1.18. The predicted octanol–water partition coefficient (Wildman–Crippen LogP) is 18.1. The van der Waals surface area contributed by atoms with E-state index in [4.69, 9.17) is 0 Å². The van der Waals surface area contributed by atoms with E-state index in [1.807, 2.05) is 23.5 Å². The van der Waals surface area contributed by atoms with Crippen molar-refractivity contribution in [1.29, 1.82) is 0 Å². The van der Waals surface area contributed by atoms with Crippen molar-refractivity contribution in [3.05, 3.63) is 241 Å². The first-order valence-electron chi connectivity index (χ1n) is 23.4. The van der Waals surface area contributed by atoms with Gasteiger partial charge in [-0.25, -0.2) is 0 Å². The molecule has 0 saturated heterocycles. The van der Waals surface area contributed by atoms with Gasteiger partial charge in [0.05, 0.1) is 0 Å². The highest BCUT2D eigenvalue weighted by Crippen LogP contribution is 2.51. The highest BCUT2D eigenvalue weighted by molar-refractivity contribution is 7.25. The second-order valence-corrected chi connectivity index (χ2v) is 19.0. The van der Waals surface area contributed by atoms with Gasteiger partial charge in [-0.2, -0.15) is 0 Å². The summed E-state index contributed by atoms with van der Waals surface area (Å²) in [5.41, 5.74) is 19.5. The van der Waals surface area contributed by atoms with Crippen molar-refractivity contribution < 1.29 is 0 Å². The maximum atomic E-state index is 4.42. The molecule has 0 bridgehead atoms. The van der Waals surface area contributed by atoms with Gasteiger partial charge in [-0.05, 0) is 170 Å². The van der Waals surface area contributed by atoms with Gasteiger partial charge in [0.1, 0.15) is 0 Å². The zero-order valence-electron chi connectivity index (χ0n) is 37.2. The van der Waals surface area contributed by atoms with Crippen LogP contribution in [-0.2, 0) is 25.7 Å². The predicted molar refractivity (Wildman–Crippen MR) is 290 cm³/mol. The SMILES string of the molecule is C=Cc1cccc(-c2c3ccc(N4c5ccccc5CCc5ccccc54)cc3c(-c3ccc4sc5ccccc5c4c3)c3ccc(N4c5ccccc5CCc5ccccc54)cc23)c1C=C. The van der Waals surface area contributed by atoms with Gasteiger partial charge in [0.2, 0.25) is 0 Å². The summed E-state index contributed by atoms with van der Waals surface area (Å²) >= 11 is 1.87. The summed E-state index contributed by atoms with van der Waals surface area (Å²) < 4.78 is 2.61. The Labute approximate surface area is 395 Å². The quantitative estimate of drug-likeness (QED) is 0.154. The Bertz CT molecular complexity index is 3740. The minimum Gasteiger partial charge on any atom is -0.310 e. The second-order valence-electron chi connectivity index (χ2n) is 17.9. The van der Waals surface area contributed by atoms with Crippen LogP contribution >= 0.6 is 11.3 Å². The standard InChI is InChI=1S/C64H46N2S/c1-3-41-20-15-22-51(49(41)4-2)64-53-36-34-47(65-57-23-10-5-16-42(57)28-29-43-17-6-11-24-58(43)65)39-55(53)63(46-32-37-62-54(38-46)50-21-9-14-27-61(50)67-62)52-35-33-48(40-56(52)64)66-59-25-12-7-18-44(59)30-31-45-19-8-13-26-60(45)66/h3-27,32-40H,1-2,28-31H2. The van der Waals surface area contributed by atoms with Gasteiger partial charge in [0.15, 0.2) is 0 Å². The molecule has 0 radical (unpaired) electrons. The van der Waals surface area contributed by atoms with Crippen LogP contribution < -0.4 is 9.80 Å². The van der Waals surface area contributed by atoms with Crippen molar-refractivity contribution in [2.45, 2.75) is 25.7 Å². The Hall–Kier alpha value is -7.98. The number of nitrogens with zero attached hydrogens (tertiary/aromatic N) is 2. The summed E-state index contributed by atoms with van der Waals surface area (Å²) in [6.45, 7) is 8.69. The number of rotatable bonds is 6. The Morgan fingerprint density at radius 3 is 1.42 bits per heavy atom. The van der Waals surface area contributed by atoms with Crippen LogP contribution in [0, 0.1) is 0 Å². The van der Waals surface area contributed by atoms with E-state index in [0.29, 0.717) is 0 Å². The van der Waals surface area contributed by atoms with E-state index >= 15 is 0 Å². The average Bonchev–Trinajstić information content (AvgIpc) is 3.55. The molecule has 13 rings (SSSR count). The van der Waals surface area contributed by atoms with Crippen molar-refractivity contribution in [2.75, 3.05) is 9.80 Å². The maximum absolute atomic E-state index is 4.42. The first-order chi connectivity index (χ1) is 33.1. The Kier molecular flexibility index (Phi) is 9.33. The van der Waals surface area contributed by atoms with Crippen LogP contribution in [0.25, 0.3) is 76.1 Å². The third kappa shape index (κ3) is 6.30. The van der Waals surface area contributed by atoms with E-state index in [1.165, 1.54) is 103 Å². The number of thiophene rings is 1. The molecule has 0 fully saturated rings. The monoisotopic (exact) mass is 874 g/mol. The summed E-state index contributed by atoms with van der Waals surface area (Å²) in [5.74, 6) is 0. The maximum Gasteiger partial charge on any atom is 0.0493 e. The summed E-state index contributed by atoms with van der Waals surface area (Å²) in [4.78, 5) is 5.01. The number of anilines is 6. The summed E-state index contributed by atoms with van der Waals surface area (Å²) in [6.07, 6.45) is 7.93. The number of hydrogen-bond donors (Lipinski definition) is 0. The van der Waals surface area contributed by atoms with Crippen LogP contribution in [0.1, 0.15) is 33.4 Å². The molecule has 2 nitrogen and oxygen atoms in total. The van der Waals surface area contributed by atoms with Gasteiger partial charge in [-0.3, -0.25) is 0 Å². The smallest absolute Gasteiger partial charge is 0.0493 e. The number of aryl methyl sites for hydroxylation is 4. The highest BCUT2D eigenvalue weighted by Gasteiger charge is 2.27. The molecular formula is C64H46N2S. The van der Waals surface area contributed by atoms with Gasteiger partial charge >= 0.3 is 0 Å². The molecule has 2 aliphatic rings. The molecule has 0 saturated carbocycles. The van der Waals surface area contributed by atoms with Crippen LogP contribution in [0.5, 0.6) is 0 Å². The lowest BCUT2D eigenvalue weighted by Gasteiger charge is -2.29. The van der Waals surface area contributed by atoms with Crippen molar-refractivity contribution in [3.8, 4) is 22.3 Å². The van der Waals surface area contributed by atoms with Crippen molar-refractivity contribution in [3.63, 3.8) is 0 Å². The van der Waals surface area contributed by atoms with Crippen LogP contribution in [0.3, 0.4) is 0 Å². The summed E-state index contributed by atoms with van der Waals surface area (Å²) in [5, 5.41) is 7.38. The number of benzene rings is 10. The molecule has 3 heterocycles. The molecule has 11 aromatic rings. The molecule has 2 aliphatic heterocycles. The molecule has 0 amide bonds. The van der Waals surface area contributed by atoms with E-state index in [9.17, 15) is 0 Å². The largest absolute Gasteiger partial charge is 0.310 e. The molecule has 10 aromatic carbocycles. The fourth-order valence-corrected chi connectivity index (χ4v) is 12.4. The fourth-order valence-electron chi connectivity index (χ4n) is 11.3. The van der Waals surface area contributed by atoms with E-state index in [2.05, 4.69) is 217 Å². The zero-order valence-corrected chi connectivity index (χ0v) is 38.0. The third-order valence-corrected chi connectivity index (χ3v) is 15.5. The Morgan fingerprint density at radius 1 is 0.373 bits per heavy atom. The average molecular weight is 875 g/mol. The molecule has 0 unspecified atom stereocenters. The first-order valence-corrected chi connectivity index (χ1v) is 24.2. The van der Waals surface area contributed by atoms with Crippen LogP contribution in [0.15, 0.2) is 207 Å². The van der Waals surface area contributed by atoms with E-state index < -0.39 is 0 Å². The van der Waals surface area contributed by atoms with Crippen molar-refractivity contribution in [1.82, 2.24) is 0 Å². The highest BCUT2D eigenvalue weighted by atomic mass is 32.1. The van der Waals surface area contributed by atoms with Gasteiger partial charge in [-0.1, -0.05) is 153 Å². The van der Waals surface area contributed by atoms with Gasteiger partial charge < -0.3 is 9.80 Å². The molecule has 0 spiro atoms. The Morgan fingerprint density at radius 2 is 0.866 bits per heavy atom. The van der Waals surface area contributed by atoms with Gasteiger partial charge in [0.25, 0.3) is 0 Å². The number of hydrogen-bond acceptors (Lipinski definition) is 3. The fraction of sp³-hybridized carbons (Fsp3) is 0.0625. The topological polar surface area (TPSA) is 6.48 Å². The van der Waals surface area contributed by atoms with Gasteiger partial charge in [0, 0.05) is 54.3 Å². The zero-order chi connectivity index (χ0) is 44.6. The van der Waals surface area contributed by atoms with Crippen LogP contribution in [0.2, 0.25) is 0 Å². The second kappa shape index (κ2) is 15.9. The molecular weight excluding hydrogens is 829 g/mol. The summed E-state index contributed by atoms with van der Waals surface area (Å²) in [7, 11) is 0. The molecule has 0 N–H and O–H groups in total. The third-order valence-electron chi connectivity index (χ3n) is 14.4. The summed E-state index contributed by atoms with van der Waals surface area (Å²) in [6, 6.07) is 72.8. The van der Waals surface area contributed by atoms with Crippen molar-refractivity contribution in [2.24, 2.45) is 0 Å². The normalized spacial score (nSPS) is 13.2. The lowest BCUT2D eigenvalue weighted by molar-refractivity contribution is 0.977. The molecule has 0 atom stereocenters. The van der Waals surface area contributed by atoms with Gasteiger partial charge in [-0.15, -0.1) is 11.3 Å². The number of fused-ring (bicyclic) bond motifs is 9. The van der Waals surface area contributed by atoms with Crippen LogP contribution in [0.4, 0.5) is 34.1 Å². The lowest BCUT2D eigenvalue weighted by Crippen LogP contribution is -2.12. The van der Waals surface area contributed by atoms with E-state index in [1.54, 1.807) is 0 Å². The van der Waals surface area contributed by atoms with E-state index in [-0.39, 0.29) is 0 Å². The molecule has 3 heteroatoms. The first kappa shape index (κ1) is 39.4. The van der Waals surface area contributed by atoms with Crippen LogP contribution in [-0.4, -0.2) is 0 Å². The minimum absolute atomic E-state index is 0.988. The molecule has 67 heavy (non-hydrogen) atoms. The van der Waals surface area contributed by atoms with Crippen molar-refractivity contribution >= 4 is 99.3 Å².